The van der Waals surface area contributed by atoms with E-state index in [4.69, 9.17) is 4.74 Å². The second kappa shape index (κ2) is 3.25. The third-order valence-electron chi connectivity index (χ3n) is 1.01. The number of hydrogen-bond donors (Lipinski definition) is 0. The van der Waals surface area contributed by atoms with E-state index >= 15 is 0 Å². The van der Waals surface area contributed by atoms with E-state index in [0.717, 1.165) is 5.75 Å². The highest BCUT2D eigenvalue weighted by Gasteiger charge is 1.93. The van der Waals surface area contributed by atoms with Gasteiger partial charge in [0.2, 0.25) is 0 Å². The summed E-state index contributed by atoms with van der Waals surface area (Å²) < 4.78 is 5.25. The van der Waals surface area contributed by atoms with Crippen LogP contribution in [0.4, 0.5) is 0 Å². The van der Waals surface area contributed by atoms with Gasteiger partial charge in [0.05, 0.1) is 6.10 Å². The van der Waals surface area contributed by atoms with Gasteiger partial charge in [-0.2, -0.15) is 0 Å². The first-order chi connectivity index (χ1) is 4.79. The largest absolute Gasteiger partial charge is 0.490 e. The van der Waals surface area contributed by atoms with Gasteiger partial charge in [0.15, 0.2) is 0 Å². The van der Waals surface area contributed by atoms with E-state index in [1.807, 2.05) is 31.2 Å². The van der Waals surface area contributed by atoms with Gasteiger partial charge in [-0.15, -0.1) is 0 Å². The smallest absolute Gasteiger partial charge is 0.127 e. The van der Waals surface area contributed by atoms with Crippen molar-refractivity contribution in [2.24, 2.45) is 0 Å². The van der Waals surface area contributed by atoms with Crippen molar-refractivity contribution in [3.63, 3.8) is 0 Å². The van der Waals surface area contributed by atoms with Gasteiger partial charge < -0.3 is 4.74 Å². The molecular weight excluding hydrogens is 124 g/mol. The maximum Gasteiger partial charge on any atom is 0.127 e. The van der Waals surface area contributed by atoms with Gasteiger partial charge in [0.25, 0.3) is 0 Å². The number of rotatable bonds is 2. The van der Waals surface area contributed by atoms with Gasteiger partial charge in [-0.1, -0.05) is 18.2 Å². The molecule has 0 aliphatic rings. The number of hydrogen-bond acceptors (Lipinski definition) is 1. The minimum atomic E-state index is -0.0151. The Morgan fingerprint density at radius 1 is 1.60 bits per heavy atom. The Morgan fingerprint density at radius 3 is 2.90 bits per heavy atom. The molecule has 0 aliphatic carbocycles. The minimum absolute atomic E-state index is 0.0151. The Labute approximate surface area is 61.6 Å². The summed E-state index contributed by atoms with van der Waals surface area (Å²) in [6, 6.07) is 10.4. The lowest BCUT2D eigenvalue weighted by molar-refractivity contribution is 0.267. The lowest BCUT2D eigenvalue weighted by atomic mass is 10.3. The van der Waals surface area contributed by atoms with Crippen molar-refractivity contribution in [3.05, 3.63) is 37.3 Å². The summed E-state index contributed by atoms with van der Waals surface area (Å²) in [6.07, 6.45) is -0.0151. The molecule has 10 heavy (non-hydrogen) atoms. The van der Waals surface area contributed by atoms with Gasteiger partial charge >= 0.3 is 0 Å². The number of ether oxygens (including phenoxy) is 1. The third kappa shape index (κ3) is 2.09. The molecule has 0 amide bonds. The molecule has 0 bridgehead atoms. The van der Waals surface area contributed by atoms with E-state index in [1.54, 1.807) is 0 Å². The highest BCUT2D eigenvalue weighted by atomic mass is 16.5. The van der Waals surface area contributed by atoms with Crippen molar-refractivity contribution in [2.75, 3.05) is 0 Å². The molecule has 0 aromatic heterocycles. The standard InChI is InChI=1S/C9H10O/c1-8(2)10-9-6-4-3-5-7-9/h3-6,8H,1H2,2H3. The van der Waals surface area contributed by atoms with Crippen molar-refractivity contribution in [1.82, 2.24) is 0 Å². The molecule has 0 spiro atoms. The van der Waals surface area contributed by atoms with Crippen LogP contribution >= 0.6 is 0 Å². The van der Waals surface area contributed by atoms with E-state index in [0.29, 0.717) is 0 Å². The summed E-state index contributed by atoms with van der Waals surface area (Å²) in [5.41, 5.74) is 0. The monoisotopic (exact) mass is 134 g/mol. The quantitative estimate of drug-likeness (QED) is 0.601. The molecule has 52 valence electrons. The average molecular weight is 134 g/mol. The zero-order chi connectivity index (χ0) is 7.40. The van der Waals surface area contributed by atoms with Crippen LogP contribution in [-0.2, 0) is 0 Å². The molecule has 1 atom stereocenters. The van der Waals surface area contributed by atoms with E-state index < -0.39 is 0 Å². The Balaban J connectivity index is 2.59. The van der Waals surface area contributed by atoms with E-state index in [2.05, 4.69) is 13.0 Å². The summed E-state index contributed by atoms with van der Waals surface area (Å²) in [5, 5.41) is 0. The molecule has 1 heteroatoms. The van der Waals surface area contributed by atoms with Crippen molar-refractivity contribution in [3.8, 4) is 5.75 Å². The third-order valence-corrected chi connectivity index (χ3v) is 1.01. The van der Waals surface area contributed by atoms with E-state index in [-0.39, 0.29) is 6.10 Å². The van der Waals surface area contributed by atoms with Crippen LogP contribution in [0.25, 0.3) is 0 Å². The second-order valence-electron chi connectivity index (χ2n) is 2.16. The molecule has 0 saturated carbocycles. The molecule has 1 rings (SSSR count). The van der Waals surface area contributed by atoms with Gasteiger partial charge in [0, 0.05) is 6.07 Å². The number of para-hydroxylation sites is 1. The van der Waals surface area contributed by atoms with Crippen LogP contribution in [0.2, 0.25) is 0 Å². The average Bonchev–Trinajstić information content (AvgIpc) is 1.88. The van der Waals surface area contributed by atoms with E-state index in [9.17, 15) is 0 Å². The second-order valence-corrected chi connectivity index (χ2v) is 2.16. The Hall–Kier alpha value is -0.980. The first kappa shape index (κ1) is 7.13. The van der Waals surface area contributed by atoms with Gasteiger partial charge in [-0.05, 0) is 19.9 Å². The maximum absolute atomic E-state index is 5.25. The molecule has 0 N–H and O–H groups in total. The van der Waals surface area contributed by atoms with Crippen LogP contribution in [0.15, 0.2) is 24.3 Å². The molecular formula is C9H10O. The maximum atomic E-state index is 5.25. The van der Waals surface area contributed by atoms with Crippen LogP contribution in [0.1, 0.15) is 6.92 Å². The van der Waals surface area contributed by atoms with Crippen LogP contribution in [-0.4, -0.2) is 6.10 Å². The predicted octanol–water partition coefficient (Wildman–Crippen LogP) is 2.09. The van der Waals surface area contributed by atoms with Crippen molar-refractivity contribution in [2.45, 2.75) is 13.0 Å². The summed E-state index contributed by atoms with van der Waals surface area (Å²) in [7, 11) is 0. The first-order valence-electron chi connectivity index (χ1n) is 3.25. The van der Waals surface area contributed by atoms with Gasteiger partial charge in [0.1, 0.15) is 5.75 Å². The summed E-state index contributed by atoms with van der Waals surface area (Å²) in [4.78, 5) is 0. The summed E-state index contributed by atoms with van der Waals surface area (Å²) in [5.74, 6) is 0.755. The SMILES string of the molecule is [CH2]C(C)Oc1[c]cccc1. The summed E-state index contributed by atoms with van der Waals surface area (Å²) in [6.45, 7) is 5.58. The lowest BCUT2D eigenvalue weighted by Gasteiger charge is -2.07. The Bertz CT molecular complexity index is 179. The van der Waals surface area contributed by atoms with Crippen LogP contribution < -0.4 is 4.74 Å². The molecule has 0 heterocycles. The Morgan fingerprint density at radius 2 is 2.40 bits per heavy atom. The van der Waals surface area contributed by atoms with Crippen LogP contribution in [0.5, 0.6) is 5.75 Å². The fraction of sp³-hybridized carbons (Fsp3) is 0.222. The summed E-state index contributed by atoms with van der Waals surface area (Å²) >= 11 is 0. The fourth-order valence-corrected chi connectivity index (χ4v) is 0.667. The zero-order valence-corrected chi connectivity index (χ0v) is 6.00. The molecule has 0 saturated heterocycles. The predicted molar refractivity (Wildman–Crippen MR) is 40.7 cm³/mol. The molecule has 0 fully saturated rings. The molecule has 1 nitrogen and oxygen atoms in total. The molecule has 1 aromatic rings. The minimum Gasteiger partial charge on any atom is -0.490 e. The van der Waals surface area contributed by atoms with Crippen molar-refractivity contribution in [1.29, 1.82) is 0 Å². The highest BCUT2D eigenvalue weighted by Crippen LogP contribution is 2.08. The lowest BCUT2D eigenvalue weighted by Crippen LogP contribution is -2.05. The molecule has 1 aromatic carbocycles. The van der Waals surface area contributed by atoms with Crippen LogP contribution in [0, 0.1) is 13.0 Å². The van der Waals surface area contributed by atoms with Gasteiger partial charge in [-0.3, -0.25) is 0 Å². The van der Waals surface area contributed by atoms with Crippen molar-refractivity contribution < 1.29 is 4.74 Å². The van der Waals surface area contributed by atoms with Crippen LogP contribution in [0.3, 0.4) is 0 Å². The first-order valence-corrected chi connectivity index (χ1v) is 3.25. The number of benzene rings is 1. The fourth-order valence-electron chi connectivity index (χ4n) is 0.667. The Kier molecular flexibility index (Phi) is 2.32. The topological polar surface area (TPSA) is 9.23 Å². The van der Waals surface area contributed by atoms with Gasteiger partial charge in [-0.25, -0.2) is 0 Å². The van der Waals surface area contributed by atoms with Crippen molar-refractivity contribution >= 4 is 0 Å². The molecule has 0 aliphatic heterocycles. The zero-order valence-electron chi connectivity index (χ0n) is 6.00. The molecule has 2 radical (unpaired) electrons. The van der Waals surface area contributed by atoms with E-state index in [1.165, 1.54) is 0 Å². The normalized spacial score (nSPS) is 9.90. The highest BCUT2D eigenvalue weighted by molar-refractivity contribution is 5.19. The molecule has 1 unspecified atom stereocenters.